The molecule has 3 rings (SSSR count). The number of hydrogen-bond acceptors (Lipinski definition) is 5. The third-order valence-corrected chi connectivity index (χ3v) is 4.68. The van der Waals surface area contributed by atoms with Crippen LogP contribution in [-0.4, -0.2) is 23.4 Å². The zero-order chi connectivity index (χ0) is 20.9. The molecule has 2 aliphatic heterocycles. The monoisotopic (exact) mass is 393 g/mol. The van der Waals surface area contributed by atoms with Gasteiger partial charge in [-0.15, -0.1) is 0 Å². The number of rotatable bonds is 2. The Labute approximate surface area is 159 Å². The molecular weight excluding hydrogens is 375 g/mol. The predicted molar refractivity (Wildman–Crippen MR) is 96.2 cm³/mol. The number of alkyl halides is 3. The van der Waals surface area contributed by atoms with Gasteiger partial charge in [-0.25, -0.2) is 9.79 Å². The normalized spacial score (nSPS) is 20.8. The van der Waals surface area contributed by atoms with E-state index >= 15 is 0 Å². The number of hydrogen-bond donors (Lipinski definition) is 2. The maximum atomic E-state index is 12.8. The molecule has 28 heavy (non-hydrogen) atoms. The van der Waals surface area contributed by atoms with E-state index in [1.807, 2.05) is 0 Å². The van der Waals surface area contributed by atoms with E-state index in [4.69, 9.17) is 4.74 Å². The number of cyclic esters (lactones) is 1. The van der Waals surface area contributed by atoms with E-state index in [-0.39, 0.29) is 22.9 Å². The summed E-state index contributed by atoms with van der Waals surface area (Å²) in [6.45, 7) is 6.80. The number of guanidine groups is 1. The first kappa shape index (κ1) is 19.7. The van der Waals surface area contributed by atoms with Gasteiger partial charge in [0.2, 0.25) is 5.96 Å². The minimum absolute atomic E-state index is 0.00141. The average molecular weight is 393 g/mol. The maximum Gasteiger partial charge on any atom is 0.416 e. The van der Waals surface area contributed by atoms with Crippen LogP contribution in [0.3, 0.4) is 0 Å². The van der Waals surface area contributed by atoms with Crippen LogP contribution in [0, 0.1) is 0 Å². The van der Waals surface area contributed by atoms with Crippen LogP contribution in [0.25, 0.3) is 0 Å². The van der Waals surface area contributed by atoms with Crippen molar-refractivity contribution >= 4 is 23.5 Å². The van der Waals surface area contributed by atoms with Crippen molar-refractivity contribution in [1.82, 2.24) is 5.32 Å². The molecule has 1 aromatic carbocycles. The van der Waals surface area contributed by atoms with E-state index in [1.165, 1.54) is 12.1 Å². The first-order valence-electron chi connectivity index (χ1n) is 8.40. The molecule has 2 aliphatic rings. The van der Waals surface area contributed by atoms with Gasteiger partial charge < -0.3 is 10.1 Å². The van der Waals surface area contributed by atoms with Gasteiger partial charge in [0.15, 0.2) is 0 Å². The van der Waals surface area contributed by atoms with Gasteiger partial charge in [-0.2, -0.15) is 13.2 Å². The minimum atomic E-state index is -4.49. The van der Waals surface area contributed by atoms with Crippen LogP contribution >= 0.6 is 0 Å². The minimum Gasteiger partial charge on any atom is -0.451 e. The van der Waals surface area contributed by atoms with Crippen molar-refractivity contribution in [2.75, 3.05) is 5.32 Å². The summed E-state index contributed by atoms with van der Waals surface area (Å²) in [7, 11) is 0. The standard InChI is InChI=1S/C19H18F3N3O3/c1-9(13-10(2)18(3,4)28-16(13)27)14-15(26)25-17(24-14)23-12-7-5-6-11(8-12)19(20,21)22/h5-8H,1-4H3,(H2,23,24,25,26)/b14-9-. The van der Waals surface area contributed by atoms with Crippen molar-refractivity contribution in [1.29, 1.82) is 0 Å². The number of aliphatic imine (C=N–C) groups is 1. The molecule has 0 unspecified atom stereocenters. The Kier molecular flexibility index (Phi) is 4.57. The van der Waals surface area contributed by atoms with Gasteiger partial charge in [-0.05, 0) is 57.0 Å². The number of halogens is 3. The number of nitrogens with zero attached hydrogens (tertiary/aromatic N) is 1. The number of carbonyl (C=O) groups excluding carboxylic acids is 2. The van der Waals surface area contributed by atoms with Gasteiger partial charge in [-0.3, -0.25) is 10.1 Å². The van der Waals surface area contributed by atoms with E-state index in [2.05, 4.69) is 15.6 Å². The van der Waals surface area contributed by atoms with E-state index < -0.39 is 29.2 Å². The molecule has 0 saturated heterocycles. The second-order valence-corrected chi connectivity index (χ2v) is 6.99. The van der Waals surface area contributed by atoms with E-state index in [9.17, 15) is 22.8 Å². The smallest absolute Gasteiger partial charge is 0.416 e. The van der Waals surface area contributed by atoms with Gasteiger partial charge in [0.25, 0.3) is 5.91 Å². The molecule has 1 aromatic rings. The Morgan fingerprint density at radius 1 is 1.25 bits per heavy atom. The molecule has 0 bridgehead atoms. The molecule has 2 heterocycles. The number of amides is 1. The second kappa shape index (κ2) is 6.50. The molecule has 0 radical (unpaired) electrons. The summed E-state index contributed by atoms with van der Waals surface area (Å²) < 4.78 is 43.8. The zero-order valence-electron chi connectivity index (χ0n) is 15.6. The van der Waals surface area contributed by atoms with Gasteiger partial charge in [0.05, 0.1) is 11.1 Å². The fourth-order valence-corrected chi connectivity index (χ4v) is 2.95. The molecule has 1 amide bonds. The first-order chi connectivity index (χ1) is 12.9. The van der Waals surface area contributed by atoms with Gasteiger partial charge in [-0.1, -0.05) is 6.07 Å². The zero-order valence-corrected chi connectivity index (χ0v) is 15.6. The molecule has 0 fully saturated rings. The van der Waals surface area contributed by atoms with Crippen LogP contribution in [-0.2, 0) is 20.5 Å². The largest absolute Gasteiger partial charge is 0.451 e. The number of benzene rings is 1. The highest BCUT2D eigenvalue weighted by Gasteiger charge is 2.40. The fourth-order valence-electron chi connectivity index (χ4n) is 2.95. The Hall–Kier alpha value is -3.10. The summed E-state index contributed by atoms with van der Waals surface area (Å²) in [5, 5.41) is 5.10. The molecule has 0 saturated carbocycles. The van der Waals surface area contributed by atoms with E-state index in [0.717, 1.165) is 12.1 Å². The summed E-state index contributed by atoms with van der Waals surface area (Å²) in [6, 6.07) is 4.52. The molecule has 148 valence electrons. The number of nitrogens with one attached hydrogen (secondary N) is 2. The topological polar surface area (TPSA) is 79.8 Å². The highest BCUT2D eigenvalue weighted by molar-refractivity contribution is 6.17. The Bertz CT molecular complexity index is 972. The summed E-state index contributed by atoms with van der Waals surface area (Å²) >= 11 is 0. The van der Waals surface area contributed by atoms with Crippen molar-refractivity contribution in [2.45, 2.75) is 39.5 Å². The molecule has 2 N–H and O–H groups in total. The Morgan fingerprint density at radius 3 is 2.50 bits per heavy atom. The van der Waals surface area contributed by atoms with Gasteiger partial charge >= 0.3 is 12.1 Å². The Morgan fingerprint density at radius 2 is 1.93 bits per heavy atom. The predicted octanol–water partition coefficient (Wildman–Crippen LogP) is 3.53. The SMILES string of the molecule is CC1=C(/C(C)=C2\N=C(Nc3cccc(C(F)(F)F)c3)NC2=O)C(=O)OC1(C)C. The number of ether oxygens (including phenoxy) is 1. The van der Waals surface area contributed by atoms with Crippen LogP contribution in [0.4, 0.5) is 18.9 Å². The lowest BCUT2D eigenvalue weighted by Gasteiger charge is -2.18. The van der Waals surface area contributed by atoms with Crippen LogP contribution in [0.2, 0.25) is 0 Å². The summed E-state index contributed by atoms with van der Waals surface area (Å²) in [4.78, 5) is 28.6. The summed E-state index contributed by atoms with van der Waals surface area (Å²) in [6.07, 6.45) is -4.49. The van der Waals surface area contributed by atoms with Crippen molar-refractivity contribution in [2.24, 2.45) is 4.99 Å². The van der Waals surface area contributed by atoms with E-state index in [1.54, 1.807) is 27.7 Å². The molecule has 0 spiro atoms. The van der Waals surface area contributed by atoms with Crippen LogP contribution in [0.5, 0.6) is 0 Å². The summed E-state index contributed by atoms with van der Waals surface area (Å²) in [5.74, 6) is -1.14. The highest BCUT2D eigenvalue weighted by atomic mass is 19.4. The van der Waals surface area contributed by atoms with Gasteiger partial charge in [0, 0.05) is 5.69 Å². The summed E-state index contributed by atoms with van der Waals surface area (Å²) in [5.41, 5.74) is -0.212. The van der Waals surface area contributed by atoms with Gasteiger partial charge in [0.1, 0.15) is 11.3 Å². The van der Waals surface area contributed by atoms with Crippen LogP contribution in [0.15, 0.2) is 51.7 Å². The lowest BCUT2D eigenvalue weighted by molar-refractivity contribution is -0.144. The fraction of sp³-hybridized carbons (Fsp3) is 0.316. The third kappa shape index (κ3) is 3.51. The molecule has 9 heteroatoms. The molecular formula is C19H18F3N3O3. The molecule has 0 aromatic heterocycles. The number of anilines is 1. The molecule has 0 aliphatic carbocycles. The third-order valence-electron chi connectivity index (χ3n) is 4.68. The van der Waals surface area contributed by atoms with Crippen molar-refractivity contribution in [3.63, 3.8) is 0 Å². The van der Waals surface area contributed by atoms with Crippen LogP contribution < -0.4 is 10.6 Å². The first-order valence-corrected chi connectivity index (χ1v) is 8.40. The Balaban J connectivity index is 1.93. The highest BCUT2D eigenvalue weighted by Crippen LogP contribution is 2.37. The number of esters is 1. The van der Waals surface area contributed by atoms with Crippen molar-refractivity contribution in [3.8, 4) is 0 Å². The molecule has 6 nitrogen and oxygen atoms in total. The maximum absolute atomic E-state index is 12.8. The van der Waals surface area contributed by atoms with E-state index in [0.29, 0.717) is 11.1 Å². The lowest BCUT2D eigenvalue weighted by atomic mass is 9.93. The second-order valence-electron chi connectivity index (χ2n) is 6.99. The van der Waals surface area contributed by atoms with Crippen LogP contribution in [0.1, 0.15) is 33.3 Å². The quantitative estimate of drug-likeness (QED) is 0.595. The van der Waals surface area contributed by atoms with Crippen molar-refractivity contribution in [3.05, 3.63) is 52.2 Å². The average Bonchev–Trinajstić information content (AvgIpc) is 3.03. The van der Waals surface area contributed by atoms with Crippen molar-refractivity contribution < 1.29 is 27.5 Å². The number of carbonyl (C=O) groups is 2. The molecule has 0 atom stereocenters. The lowest BCUT2D eigenvalue weighted by Crippen LogP contribution is -2.30.